The average Bonchev–Trinajstić information content (AvgIpc) is 2.91. The fraction of sp³-hybridized carbons (Fsp3) is 0.333. The highest BCUT2D eigenvalue weighted by Gasteiger charge is 2.20. The van der Waals surface area contributed by atoms with Crippen molar-refractivity contribution in [3.05, 3.63) is 52.0 Å². The van der Waals surface area contributed by atoms with Gasteiger partial charge in [0, 0.05) is 22.9 Å². The normalized spacial score (nSPS) is 12.4. The smallest absolute Gasteiger partial charge is 0.131 e. The summed E-state index contributed by atoms with van der Waals surface area (Å²) in [6, 6.07) is 8.98. The van der Waals surface area contributed by atoms with Crippen molar-refractivity contribution in [2.75, 3.05) is 13.7 Å². The molecule has 1 aromatic heterocycles. The molecule has 2 nitrogen and oxygen atoms in total. The van der Waals surface area contributed by atoms with Crippen molar-refractivity contribution in [2.24, 2.45) is 0 Å². The van der Waals surface area contributed by atoms with Crippen LogP contribution in [-0.2, 0) is 6.42 Å². The number of rotatable bonds is 6. The molecule has 0 bridgehead atoms. The molecule has 4 heteroatoms. The van der Waals surface area contributed by atoms with E-state index in [1.807, 2.05) is 18.4 Å². The molecule has 0 amide bonds. The molecule has 0 radical (unpaired) electrons. The van der Waals surface area contributed by atoms with Crippen LogP contribution < -0.4 is 10.1 Å². The molecule has 2 rings (SSSR count). The Morgan fingerprint density at radius 1 is 1.32 bits per heavy atom. The Labute approximate surface area is 117 Å². The molecule has 1 aromatic carbocycles. The van der Waals surface area contributed by atoms with E-state index in [0.717, 1.165) is 13.0 Å². The van der Waals surface area contributed by atoms with Crippen molar-refractivity contribution in [1.82, 2.24) is 5.32 Å². The predicted octanol–water partition coefficient (Wildman–Crippen LogP) is 3.79. The van der Waals surface area contributed by atoms with E-state index in [4.69, 9.17) is 4.74 Å². The third-order valence-electron chi connectivity index (χ3n) is 3.02. The number of halogens is 1. The Hall–Kier alpha value is -1.39. The molecule has 0 spiro atoms. The maximum Gasteiger partial charge on any atom is 0.131 e. The highest BCUT2D eigenvalue weighted by molar-refractivity contribution is 7.09. The maximum absolute atomic E-state index is 14.1. The predicted molar refractivity (Wildman–Crippen MR) is 77.4 cm³/mol. The molecular weight excluding hydrogens is 261 g/mol. The van der Waals surface area contributed by atoms with Gasteiger partial charge in [-0.15, -0.1) is 11.3 Å². The van der Waals surface area contributed by atoms with Crippen LogP contribution in [-0.4, -0.2) is 13.7 Å². The molecule has 0 saturated carbocycles. The lowest BCUT2D eigenvalue weighted by Crippen LogP contribution is -2.24. The lowest BCUT2D eigenvalue weighted by molar-refractivity contribution is 0.391. The van der Waals surface area contributed by atoms with Crippen molar-refractivity contribution < 1.29 is 9.13 Å². The van der Waals surface area contributed by atoms with Crippen molar-refractivity contribution in [3.8, 4) is 5.75 Å². The van der Waals surface area contributed by atoms with E-state index in [9.17, 15) is 4.39 Å². The second-order valence-corrected chi connectivity index (χ2v) is 5.28. The van der Waals surface area contributed by atoms with Crippen molar-refractivity contribution in [1.29, 1.82) is 0 Å². The number of ether oxygens (including phenoxy) is 1. The van der Waals surface area contributed by atoms with E-state index >= 15 is 0 Å². The fourth-order valence-corrected chi connectivity index (χ4v) is 2.94. The zero-order valence-corrected chi connectivity index (χ0v) is 12.0. The molecule has 0 aliphatic rings. The Kier molecular flexibility index (Phi) is 4.93. The SMILES string of the molecule is CCNC(Cc1cccs1)c1c(F)cccc1OC. The first kappa shape index (κ1) is 14.0. The molecule has 1 unspecified atom stereocenters. The Morgan fingerprint density at radius 3 is 2.79 bits per heavy atom. The average molecular weight is 279 g/mol. The van der Waals surface area contributed by atoms with Crippen LogP contribution in [0.25, 0.3) is 0 Å². The Morgan fingerprint density at radius 2 is 2.16 bits per heavy atom. The van der Waals surface area contributed by atoms with E-state index in [2.05, 4.69) is 11.4 Å². The Balaban J connectivity index is 2.33. The van der Waals surface area contributed by atoms with Crippen molar-refractivity contribution >= 4 is 11.3 Å². The first-order chi connectivity index (χ1) is 9.26. The standard InChI is InChI=1S/C15H18FNOS/c1-3-17-13(10-11-6-5-9-19-11)15-12(16)7-4-8-14(15)18-2/h4-9,13,17H,3,10H2,1-2H3. The van der Waals surface area contributed by atoms with E-state index in [1.165, 1.54) is 10.9 Å². The van der Waals surface area contributed by atoms with Crippen LogP contribution in [0.5, 0.6) is 5.75 Å². The third kappa shape index (κ3) is 3.33. The van der Waals surface area contributed by atoms with Crippen molar-refractivity contribution in [2.45, 2.75) is 19.4 Å². The third-order valence-corrected chi connectivity index (χ3v) is 3.92. The monoisotopic (exact) mass is 279 g/mol. The van der Waals surface area contributed by atoms with Gasteiger partial charge in [0.15, 0.2) is 0 Å². The van der Waals surface area contributed by atoms with Crippen LogP contribution in [0.3, 0.4) is 0 Å². The summed E-state index contributed by atoms with van der Waals surface area (Å²) in [5.41, 5.74) is 0.611. The maximum atomic E-state index is 14.1. The molecule has 102 valence electrons. The van der Waals surface area contributed by atoms with Gasteiger partial charge in [0.1, 0.15) is 11.6 Å². The molecule has 19 heavy (non-hydrogen) atoms. The molecular formula is C15H18FNOS. The minimum absolute atomic E-state index is 0.0696. The lowest BCUT2D eigenvalue weighted by atomic mass is 10.0. The highest BCUT2D eigenvalue weighted by Crippen LogP contribution is 2.31. The fourth-order valence-electron chi connectivity index (χ4n) is 2.19. The van der Waals surface area contributed by atoms with E-state index < -0.39 is 0 Å². The molecule has 1 heterocycles. The van der Waals surface area contributed by atoms with Crippen molar-refractivity contribution in [3.63, 3.8) is 0 Å². The number of hydrogen-bond donors (Lipinski definition) is 1. The number of nitrogens with one attached hydrogen (secondary N) is 1. The molecule has 1 N–H and O–H groups in total. The van der Waals surface area contributed by atoms with Crippen LogP contribution in [0.15, 0.2) is 35.7 Å². The number of hydrogen-bond acceptors (Lipinski definition) is 3. The quantitative estimate of drug-likeness (QED) is 0.868. The van der Waals surface area contributed by atoms with Gasteiger partial charge in [0.2, 0.25) is 0 Å². The number of benzene rings is 1. The minimum Gasteiger partial charge on any atom is -0.496 e. The summed E-state index contributed by atoms with van der Waals surface area (Å²) in [5.74, 6) is 0.379. The molecule has 0 aliphatic heterocycles. The second-order valence-electron chi connectivity index (χ2n) is 4.25. The van der Waals surface area contributed by atoms with E-state index in [1.54, 1.807) is 30.6 Å². The van der Waals surface area contributed by atoms with E-state index in [-0.39, 0.29) is 11.9 Å². The molecule has 0 fully saturated rings. The summed E-state index contributed by atoms with van der Waals surface area (Å²) < 4.78 is 19.4. The first-order valence-corrected chi connectivity index (χ1v) is 7.22. The summed E-state index contributed by atoms with van der Waals surface area (Å²) in [6.07, 6.45) is 0.767. The van der Waals surface area contributed by atoms with Gasteiger partial charge in [0.25, 0.3) is 0 Å². The van der Waals surface area contributed by atoms with Gasteiger partial charge in [-0.3, -0.25) is 0 Å². The summed E-state index contributed by atoms with van der Waals surface area (Å²) in [7, 11) is 1.58. The zero-order chi connectivity index (χ0) is 13.7. The summed E-state index contributed by atoms with van der Waals surface area (Å²) in [5, 5.41) is 5.38. The molecule has 0 aliphatic carbocycles. The number of methoxy groups -OCH3 is 1. The number of thiophene rings is 1. The first-order valence-electron chi connectivity index (χ1n) is 6.34. The summed E-state index contributed by atoms with van der Waals surface area (Å²) in [6.45, 7) is 2.81. The lowest BCUT2D eigenvalue weighted by Gasteiger charge is -2.20. The second kappa shape index (κ2) is 6.68. The van der Waals surface area contributed by atoms with Crippen LogP contribution in [0, 0.1) is 5.82 Å². The van der Waals surface area contributed by atoms with Crippen LogP contribution in [0.1, 0.15) is 23.4 Å². The zero-order valence-electron chi connectivity index (χ0n) is 11.2. The van der Waals surface area contributed by atoms with Gasteiger partial charge in [-0.1, -0.05) is 19.1 Å². The number of likely N-dealkylation sites (N-methyl/N-ethyl adjacent to an activating group) is 1. The molecule has 1 atom stereocenters. The summed E-state index contributed by atoms with van der Waals surface area (Å²) in [4.78, 5) is 1.23. The summed E-state index contributed by atoms with van der Waals surface area (Å²) >= 11 is 1.69. The van der Waals surface area contributed by atoms with Gasteiger partial charge in [-0.05, 0) is 30.1 Å². The Bertz CT molecular complexity index is 513. The minimum atomic E-state index is -0.221. The van der Waals surface area contributed by atoms with Crippen LogP contribution in [0.4, 0.5) is 4.39 Å². The van der Waals surface area contributed by atoms with Gasteiger partial charge < -0.3 is 10.1 Å². The van der Waals surface area contributed by atoms with E-state index in [0.29, 0.717) is 11.3 Å². The van der Waals surface area contributed by atoms with Gasteiger partial charge >= 0.3 is 0 Å². The largest absolute Gasteiger partial charge is 0.496 e. The van der Waals surface area contributed by atoms with Gasteiger partial charge in [0.05, 0.1) is 7.11 Å². The van der Waals surface area contributed by atoms with Crippen LogP contribution in [0.2, 0.25) is 0 Å². The topological polar surface area (TPSA) is 21.3 Å². The molecule has 2 aromatic rings. The van der Waals surface area contributed by atoms with Gasteiger partial charge in [-0.25, -0.2) is 4.39 Å². The highest BCUT2D eigenvalue weighted by atomic mass is 32.1. The van der Waals surface area contributed by atoms with Crippen LogP contribution >= 0.6 is 11.3 Å². The molecule has 0 saturated heterocycles. The van der Waals surface area contributed by atoms with Gasteiger partial charge in [-0.2, -0.15) is 0 Å².